The fourth-order valence-electron chi connectivity index (χ4n) is 1.41. The highest BCUT2D eigenvalue weighted by molar-refractivity contribution is 9.10. The smallest absolute Gasteiger partial charge is 0.257 e. The summed E-state index contributed by atoms with van der Waals surface area (Å²) in [5.41, 5.74) is 0. The lowest BCUT2D eigenvalue weighted by molar-refractivity contribution is -0.123. The maximum Gasteiger partial charge on any atom is 0.257 e. The maximum atomic E-state index is 11.5. The third kappa shape index (κ3) is 6.80. The number of amides is 1. The van der Waals surface area contributed by atoms with Crippen molar-refractivity contribution in [1.82, 2.24) is 5.32 Å². The number of hydrogen-bond acceptors (Lipinski definition) is 3. The predicted octanol–water partition coefficient (Wildman–Crippen LogP) is 2.76. The number of benzene rings is 1. The number of rotatable bonds is 7. The van der Waals surface area contributed by atoms with Crippen LogP contribution in [-0.2, 0) is 4.79 Å². The van der Waals surface area contributed by atoms with E-state index in [1.807, 2.05) is 0 Å². The van der Waals surface area contributed by atoms with E-state index in [9.17, 15) is 4.79 Å². The minimum absolute atomic E-state index is 0.0734. The van der Waals surface area contributed by atoms with Crippen LogP contribution in [0.1, 0.15) is 19.8 Å². The summed E-state index contributed by atoms with van der Waals surface area (Å²) in [5, 5.41) is 12.2. The summed E-state index contributed by atoms with van der Waals surface area (Å²) in [6.07, 6.45) is 1.07. The van der Waals surface area contributed by atoms with Crippen LogP contribution in [0.4, 0.5) is 0 Å². The van der Waals surface area contributed by atoms with Crippen LogP contribution in [-0.4, -0.2) is 30.3 Å². The lowest BCUT2D eigenvalue weighted by atomic mass is 10.2. The lowest BCUT2D eigenvalue weighted by Crippen LogP contribution is -2.30. The second-order valence-electron chi connectivity index (χ2n) is 4.20. The van der Waals surface area contributed by atoms with Crippen LogP contribution in [0, 0.1) is 0 Å². The Morgan fingerprint density at radius 3 is 2.95 bits per heavy atom. The first-order valence-electron chi connectivity index (χ1n) is 6.01. The van der Waals surface area contributed by atoms with Crippen molar-refractivity contribution in [2.75, 3.05) is 13.2 Å². The average Bonchev–Trinajstić information content (AvgIpc) is 2.33. The molecule has 6 heteroatoms. The summed E-state index contributed by atoms with van der Waals surface area (Å²) in [6, 6.07) is 5.20. The van der Waals surface area contributed by atoms with Crippen LogP contribution in [0.3, 0.4) is 0 Å². The fourth-order valence-corrected chi connectivity index (χ4v) is 2.14. The highest BCUT2D eigenvalue weighted by atomic mass is 79.9. The van der Waals surface area contributed by atoms with E-state index >= 15 is 0 Å². The molecule has 0 bridgehead atoms. The molecule has 0 saturated heterocycles. The molecule has 1 aromatic rings. The highest BCUT2D eigenvalue weighted by Gasteiger charge is 2.06. The monoisotopic (exact) mass is 349 g/mol. The minimum atomic E-state index is -0.338. The van der Waals surface area contributed by atoms with Crippen LogP contribution in [0.25, 0.3) is 0 Å². The Balaban J connectivity index is 2.26. The Kier molecular flexibility index (Phi) is 7.20. The van der Waals surface area contributed by atoms with E-state index in [1.54, 1.807) is 25.1 Å². The van der Waals surface area contributed by atoms with Crippen molar-refractivity contribution in [2.45, 2.75) is 25.9 Å². The van der Waals surface area contributed by atoms with Gasteiger partial charge in [-0.3, -0.25) is 4.79 Å². The number of aliphatic hydroxyl groups excluding tert-OH is 1. The van der Waals surface area contributed by atoms with Gasteiger partial charge in [0.1, 0.15) is 5.75 Å². The summed E-state index contributed by atoms with van der Waals surface area (Å²) in [7, 11) is 0. The third-order valence-corrected chi connectivity index (χ3v) is 3.16. The topological polar surface area (TPSA) is 58.6 Å². The van der Waals surface area contributed by atoms with Gasteiger partial charge in [-0.15, -0.1) is 0 Å². The SMILES string of the molecule is CC(O)CCCNC(=O)COc1ccc(Br)cc1Cl. The lowest BCUT2D eigenvalue weighted by Gasteiger charge is -2.09. The summed E-state index contributed by atoms with van der Waals surface area (Å²) < 4.78 is 6.17. The largest absolute Gasteiger partial charge is 0.482 e. The number of halogens is 2. The molecule has 0 aliphatic carbocycles. The molecule has 1 rings (SSSR count). The van der Waals surface area contributed by atoms with Gasteiger partial charge in [0.15, 0.2) is 6.61 Å². The Morgan fingerprint density at radius 1 is 1.58 bits per heavy atom. The van der Waals surface area contributed by atoms with Gasteiger partial charge in [0, 0.05) is 11.0 Å². The quantitative estimate of drug-likeness (QED) is 0.743. The second kappa shape index (κ2) is 8.40. The number of ether oxygens (including phenoxy) is 1. The second-order valence-corrected chi connectivity index (χ2v) is 5.53. The molecule has 106 valence electrons. The van der Waals surface area contributed by atoms with E-state index < -0.39 is 0 Å². The zero-order chi connectivity index (χ0) is 14.3. The van der Waals surface area contributed by atoms with Gasteiger partial charge in [-0.05, 0) is 38.0 Å². The van der Waals surface area contributed by atoms with Crippen molar-refractivity contribution in [1.29, 1.82) is 0 Å². The number of nitrogens with one attached hydrogen (secondary N) is 1. The van der Waals surface area contributed by atoms with Crippen LogP contribution in [0.5, 0.6) is 5.75 Å². The number of carbonyl (C=O) groups is 1. The van der Waals surface area contributed by atoms with Gasteiger partial charge in [-0.2, -0.15) is 0 Å². The van der Waals surface area contributed by atoms with Gasteiger partial charge < -0.3 is 15.2 Å². The molecule has 0 saturated carbocycles. The van der Waals surface area contributed by atoms with Gasteiger partial charge in [-0.1, -0.05) is 27.5 Å². The molecule has 0 aromatic heterocycles. The van der Waals surface area contributed by atoms with E-state index in [0.717, 1.165) is 10.9 Å². The molecule has 2 N–H and O–H groups in total. The van der Waals surface area contributed by atoms with Crippen LogP contribution in [0.15, 0.2) is 22.7 Å². The molecule has 0 radical (unpaired) electrons. The minimum Gasteiger partial charge on any atom is -0.482 e. The molecule has 1 aromatic carbocycles. The molecule has 0 aliphatic heterocycles. The molecule has 1 unspecified atom stereocenters. The molecule has 0 spiro atoms. The normalized spacial score (nSPS) is 12.0. The Morgan fingerprint density at radius 2 is 2.32 bits per heavy atom. The fraction of sp³-hybridized carbons (Fsp3) is 0.462. The predicted molar refractivity (Wildman–Crippen MR) is 78.6 cm³/mol. The van der Waals surface area contributed by atoms with E-state index in [-0.39, 0.29) is 18.6 Å². The van der Waals surface area contributed by atoms with E-state index in [2.05, 4.69) is 21.2 Å². The summed E-state index contributed by atoms with van der Waals surface area (Å²) >= 11 is 9.25. The summed E-state index contributed by atoms with van der Waals surface area (Å²) in [5.74, 6) is 0.272. The standard InChI is InChI=1S/C13H17BrClNO3/c1-9(17)3-2-6-16-13(18)8-19-12-5-4-10(14)7-11(12)15/h4-5,7,9,17H,2-3,6,8H2,1H3,(H,16,18). The van der Waals surface area contributed by atoms with E-state index in [4.69, 9.17) is 21.4 Å². The Bertz CT molecular complexity index is 426. The van der Waals surface area contributed by atoms with Crippen molar-refractivity contribution < 1.29 is 14.6 Å². The van der Waals surface area contributed by atoms with E-state index in [0.29, 0.717) is 23.7 Å². The molecule has 19 heavy (non-hydrogen) atoms. The van der Waals surface area contributed by atoms with Gasteiger partial charge in [0.2, 0.25) is 0 Å². The molecular formula is C13H17BrClNO3. The van der Waals surface area contributed by atoms with Gasteiger partial charge in [-0.25, -0.2) is 0 Å². The van der Waals surface area contributed by atoms with Crippen molar-refractivity contribution in [3.05, 3.63) is 27.7 Å². The molecular weight excluding hydrogens is 334 g/mol. The third-order valence-electron chi connectivity index (χ3n) is 2.37. The molecule has 0 aliphatic rings. The first kappa shape index (κ1) is 16.3. The Hall–Kier alpha value is -0.780. The van der Waals surface area contributed by atoms with Gasteiger partial charge in [0.25, 0.3) is 5.91 Å². The maximum absolute atomic E-state index is 11.5. The summed E-state index contributed by atoms with van der Waals surface area (Å²) in [6.45, 7) is 2.18. The zero-order valence-electron chi connectivity index (χ0n) is 10.7. The molecule has 0 fully saturated rings. The highest BCUT2D eigenvalue weighted by Crippen LogP contribution is 2.27. The number of aliphatic hydroxyl groups is 1. The average molecular weight is 351 g/mol. The molecule has 1 atom stereocenters. The van der Waals surface area contributed by atoms with Crippen LogP contribution < -0.4 is 10.1 Å². The molecule has 0 heterocycles. The zero-order valence-corrected chi connectivity index (χ0v) is 13.0. The van der Waals surface area contributed by atoms with E-state index in [1.165, 1.54) is 0 Å². The number of hydrogen-bond donors (Lipinski definition) is 2. The first-order valence-corrected chi connectivity index (χ1v) is 7.18. The Labute approximate surface area is 126 Å². The van der Waals surface area contributed by atoms with Crippen LogP contribution >= 0.6 is 27.5 Å². The van der Waals surface area contributed by atoms with Gasteiger partial charge >= 0.3 is 0 Å². The van der Waals surface area contributed by atoms with Crippen molar-refractivity contribution in [3.8, 4) is 5.75 Å². The summed E-state index contributed by atoms with van der Waals surface area (Å²) in [4.78, 5) is 11.5. The van der Waals surface area contributed by atoms with Crippen molar-refractivity contribution in [3.63, 3.8) is 0 Å². The van der Waals surface area contributed by atoms with Crippen molar-refractivity contribution in [2.24, 2.45) is 0 Å². The first-order chi connectivity index (χ1) is 8.99. The molecule has 1 amide bonds. The van der Waals surface area contributed by atoms with Crippen molar-refractivity contribution >= 4 is 33.4 Å². The number of carbonyl (C=O) groups excluding carboxylic acids is 1. The van der Waals surface area contributed by atoms with Gasteiger partial charge in [0.05, 0.1) is 11.1 Å². The van der Waals surface area contributed by atoms with Crippen LogP contribution in [0.2, 0.25) is 5.02 Å². The molecule has 4 nitrogen and oxygen atoms in total.